The minimum Gasteiger partial charge on any atom is -0.353 e. The van der Waals surface area contributed by atoms with Crippen molar-refractivity contribution in [1.29, 1.82) is 0 Å². The summed E-state index contributed by atoms with van der Waals surface area (Å²) in [6, 6.07) is 0.270. The zero-order valence-electron chi connectivity index (χ0n) is 11.2. The minimum atomic E-state index is -0.214. The maximum Gasteiger partial charge on any atom is 0.233 e. The molecule has 0 bridgehead atoms. The number of carbonyl (C=O) groups excluding carboxylic acids is 1. The maximum absolute atomic E-state index is 11.8. The third-order valence-electron chi connectivity index (χ3n) is 2.18. The van der Waals surface area contributed by atoms with Crippen molar-refractivity contribution < 1.29 is 4.79 Å². The second-order valence-electron chi connectivity index (χ2n) is 5.14. The second kappa shape index (κ2) is 7.17. The fourth-order valence-electron chi connectivity index (χ4n) is 1.28. The van der Waals surface area contributed by atoms with Gasteiger partial charge in [-0.2, -0.15) is 0 Å². The number of carbonyl (C=O) groups is 1. The number of hydrogen-bond acceptors (Lipinski definition) is 3. The fraction of sp³-hybridized carbons (Fsp3) is 0.917. The van der Waals surface area contributed by atoms with Gasteiger partial charge < -0.3 is 11.1 Å². The van der Waals surface area contributed by atoms with Gasteiger partial charge in [0.2, 0.25) is 5.91 Å². The predicted octanol–water partition coefficient (Wildman–Crippen LogP) is 2.15. The Labute approximate surface area is 104 Å². The summed E-state index contributed by atoms with van der Waals surface area (Å²) < 4.78 is 0. The second-order valence-corrected chi connectivity index (χ2v) is 6.47. The Hall–Kier alpha value is -0.220. The highest BCUT2D eigenvalue weighted by molar-refractivity contribution is 8.00. The van der Waals surface area contributed by atoms with Crippen molar-refractivity contribution in [3.05, 3.63) is 0 Å². The SMILES string of the molecule is CCCC(C)NC(=O)C(C)SCC(C)(C)N. The Kier molecular flexibility index (Phi) is 7.07. The first kappa shape index (κ1) is 15.8. The van der Waals surface area contributed by atoms with Gasteiger partial charge >= 0.3 is 0 Å². The molecule has 3 N–H and O–H groups in total. The highest BCUT2D eigenvalue weighted by Gasteiger charge is 2.19. The summed E-state index contributed by atoms with van der Waals surface area (Å²) in [6.45, 7) is 10.1. The van der Waals surface area contributed by atoms with Gasteiger partial charge in [-0.15, -0.1) is 11.8 Å². The molecule has 96 valence electrons. The van der Waals surface area contributed by atoms with Crippen LogP contribution in [0.3, 0.4) is 0 Å². The average molecular weight is 246 g/mol. The Balaban J connectivity index is 3.90. The van der Waals surface area contributed by atoms with E-state index >= 15 is 0 Å². The monoisotopic (exact) mass is 246 g/mol. The molecule has 0 aliphatic rings. The molecule has 2 unspecified atom stereocenters. The van der Waals surface area contributed by atoms with Gasteiger partial charge in [0.05, 0.1) is 5.25 Å². The lowest BCUT2D eigenvalue weighted by Crippen LogP contribution is -2.40. The number of thioether (sulfide) groups is 1. The Bertz CT molecular complexity index is 214. The van der Waals surface area contributed by atoms with Crippen molar-refractivity contribution >= 4 is 17.7 Å². The van der Waals surface area contributed by atoms with Crippen molar-refractivity contribution in [3.8, 4) is 0 Å². The summed E-state index contributed by atoms with van der Waals surface area (Å²) in [5.74, 6) is 0.916. The third kappa shape index (κ3) is 7.99. The highest BCUT2D eigenvalue weighted by Crippen LogP contribution is 2.16. The molecule has 0 radical (unpaired) electrons. The van der Waals surface area contributed by atoms with E-state index in [0.717, 1.165) is 18.6 Å². The van der Waals surface area contributed by atoms with Crippen LogP contribution in [0, 0.1) is 0 Å². The number of amides is 1. The molecule has 16 heavy (non-hydrogen) atoms. The van der Waals surface area contributed by atoms with Gasteiger partial charge in [0.25, 0.3) is 0 Å². The molecule has 0 saturated carbocycles. The van der Waals surface area contributed by atoms with Gasteiger partial charge in [0.1, 0.15) is 0 Å². The molecule has 0 fully saturated rings. The van der Waals surface area contributed by atoms with E-state index in [-0.39, 0.29) is 22.7 Å². The molecule has 3 nitrogen and oxygen atoms in total. The number of rotatable bonds is 7. The Morgan fingerprint density at radius 3 is 2.44 bits per heavy atom. The summed E-state index contributed by atoms with van der Waals surface area (Å²) in [6.07, 6.45) is 2.13. The quantitative estimate of drug-likeness (QED) is 0.723. The van der Waals surface area contributed by atoms with Crippen LogP contribution in [-0.2, 0) is 4.79 Å². The van der Waals surface area contributed by atoms with Crippen molar-refractivity contribution in [2.45, 2.75) is 64.3 Å². The van der Waals surface area contributed by atoms with E-state index in [1.165, 1.54) is 0 Å². The summed E-state index contributed by atoms with van der Waals surface area (Å²) in [4.78, 5) is 11.8. The normalized spacial score (nSPS) is 15.6. The lowest BCUT2D eigenvalue weighted by atomic mass is 10.1. The largest absolute Gasteiger partial charge is 0.353 e. The van der Waals surface area contributed by atoms with Crippen LogP contribution >= 0.6 is 11.8 Å². The molecular weight excluding hydrogens is 220 g/mol. The first-order valence-corrected chi connectivity index (χ1v) is 7.02. The van der Waals surface area contributed by atoms with Gasteiger partial charge in [0, 0.05) is 17.3 Å². The van der Waals surface area contributed by atoms with Crippen LogP contribution in [0.4, 0.5) is 0 Å². The maximum atomic E-state index is 11.8. The lowest BCUT2D eigenvalue weighted by Gasteiger charge is -2.21. The Morgan fingerprint density at radius 2 is 2.00 bits per heavy atom. The molecule has 0 saturated heterocycles. The molecule has 2 atom stereocenters. The summed E-state index contributed by atoms with van der Waals surface area (Å²) in [7, 11) is 0. The fourth-order valence-corrected chi connectivity index (χ4v) is 2.18. The van der Waals surface area contributed by atoms with E-state index in [9.17, 15) is 4.79 Å². The number of hydrogen-bond donors (Lipinski definition) is 2. The molecule has 4 heteroatoms. The van der Waals surface area contributed by atoms with Crippen LogP contribution in [0.1, 0.15) is 47.5 Å². The molecule has 1 amide bonds. The first-order valence-electron chi connectivity index (χ1n) is 5.97. The van der Waals surface area contributed by atoms with Crippen LogP contribution in [0.2, 0.25) is 0 Å². The average Bonchev–Trinajstić information content (AvgIpc) is 2.13. The third-order valence-corrected chi connectivity index (χ3v) is 3.81. The van der Waals surface area contributed by atoms with E-state index in [4.69, 9.17) is 5.73 Å². The standard InChI is InChI=1S/C12H26N2OS/c1-6-7-9(2)14-11(15)10(3)16-8-12(4,5)13/h9-10H,6-8,13H2,1-5H3,(H,14,15). The number of nitrogens with one attached hydrogen (secondary N) is 1. The molecule has 0 rings (SSSR count). The van der Waals surface area contributed by atoms with Gasteiger partial charge in [-0.1, -0.05) is 13.3 Å². The van der Waals surface area contributed by atoms with Gasteiger partial charge in [-0.3, -0.25) is 4.79 Å². The predicted molar refractivity (Wildman–Crippen MR) is 72.7 cm³/mol. The summed E-state index contributed by atoms with van der Waals surface area (Å²) >= 11 is 1.61. The molecule has 0 aliphatic heterocycles. The molecule has 0 aromatic heterocycles. The Morgan fingerprint density at radius 1 is 1.44 bits per heavy atom. The smallest absolute Gasteiger partial charge is 0.233 e. The van der Waals surface area contributed by atoms with Crippen molar-refractivity contribution in [2.75, 3.05) is 5.75 Å². The van der Waals surface area contributed by atoms with Gasteiger partial charge in [-0.05, 0) is 34.1 Å². The minimum absolute atomic E-state index is 0.0258. The van der Waals surface area contributed by atoms with E-state index in [1.807, 2.05) is 27.7 Å². The van der Waals surface area contributed by atoms with Gasteiger partial charge in [-0.25, -0.2) is 0 Å². The molecule has 0 heterocycles. The van der Waals surface area contributed by atoms with Crippen molar-refractivity contribution in [2.24, 2.45) is 5.73 Å². The molecule has 0 aliphatic carbocycles. The molecular formula is C12H26N2OS. The van der Waals surface area contributed by atoms with Crippen molar-refractivity contribution in [3.63, 3.8) is 0 Å². The van der Waals surface area contributed by atoms with E-state index in [0.29, 0.717) is 0 Å². The highest BCUT2D eigenvalue weighted by atomic mass is 32.2. The van der Waals surface area contributed by atoms with Crippen LogP contribution in [0.25, 0.3) is 0 Å². The topological polar surface area (TPSA) is 55.1 Å². The zero-order chi connectivity index (χ0) is 12.8. The molecule has 0 spiro atoms. The van der Waals surface area contributed by atoms with Crippen LogP contribution in [0.5, 0.6) is 0 Å². The van der Waals surface area contributed by atoms with Crippen LogP contribution in [-0.4, -0.2) is 28.5 Å². The summed E-state index contributed by atoms with van der Waals surface area (Å²) in [5.41, 5.74) is 5.67. The molecule has 0 aromatic carbocycles. The van der Waals surface area contributed by atoms with E-state index in [1.54, 1.807) is 11.8 Å². The van der Waals surface area contributed by atoms with Crippen LogP contribution < -0.4 is 11.1 Å². The lowest BCUT2D eigenvalue weighted by molar-refractivity contribution is -0.120. The summed E-state index contributed by atoms with van der Waals surface area (Å²) in [5, 5.41) is 2.99. The van der Waals surface area contributed by atoms with E-state index in [2.05, 4.69) is 12.2 Å². The van der Waals surface area contributed by atoms with E-state index < -0.39 is 0 Å². The zero-order valence-corrected chi connectivity index (χ0v) is 12.0. The molecule has 0 aromatic rings. The van der Waals surface area contributed by atoms with Crippen molar-refractivity contribution in [1.82, 2.24) is 5.32 Å². The van der Waals surface area contributed by atoms with Gasteiger partial charge in [0.15, 0.2) is 0 Å². The first-order chi connectivity index (χ1) is 7.26. The number of nitrogens with two attached hydrogens (primary N) is 1. The van der Waals surface area contributed by atoms with Crippen LogP contribution in [0.15, 0.2) is 0 Å².